The van der Waals surface area contributed by atoms with Crippen LogP contribution < -0.4 is 10.6 Å². The van der Waals surface area contributed by atoms with Gasteiger partial charge in [-0.1, -0.05) is 39.0 Å². The van der Waals surface area contributed by atoms with E-state index in [9.17, 15) is 0 Å². The van der Waals surface area contributed by atoms with Gasteiger partial charge in [0, 0.05) is 18.2 Å². The smallest absolute Gasteiger partial charge is 0.213 e. The van der Waals surface area contributed by atoms with Crippen LogP contribution in [-0.2, 0) is 18.5 Å². The molecule has 0 bridgehead atoms. The van der Waals surface area contributed by atoms with Crippen molar-refractivity contribution in [2.24, 2.45) is 4.99 Å². The van der Waals surface area contributed by atoms with Gasteiger partial charge in [-0.15, -0.1) is 24.0 Å². The van der Waals surface area contributed by atoms with Crippen molar-refractivity contribution in [1.82, 2.24) is 25.4 Å². The Morgan fingerprint density at radius 3 is 2.55 bits per heavy atom. The fourth-order valence-corrected chi connectivity index (χ4v) is 2.57. The number of hydrogen-bond acceptors (Lipinski definition) is 4. The summed E-state index contributed by atoms with van der Waals surface area (Å²) < 4.78 is 7.67. The molecule has 0 saturated heterocycles. The third-order valence-electron chi connectivity index (χ3n) is 4.11. The number of para-hydroxylation sites is 1. The molecule has 0 unspecified atom stereocenters. The van der Waals surface area contributed by atoms with Crippen molar-refractivity contribution in [3.8, 4) is 5.69 Å². The molecule has 0 fully saturated rings. The Morgan fingerprint density at radius 2 is 1.90 bits per heavy atom. The summed E-state index contributed by atoms with van der Waals surface area (Å²) in [6.07, 6.45) is 3.73. The molecular weight excluding hydrogens is 479 g/mol. The molecule has 2 N–H and O–H groups in total. The molecule has 2 aromatic heterocycles. The SMILES string of the molecule is CCNC(=NCc1ccn(-c2ccccc2)n1)NCc1ncc(C(C)(C)C)o1.I. The third kappa shape index (κ3) is 6.59. The number of halogens is 1. The quantitative estimate of drug-likeness (QED) is 0.299. The molecule has 0 atom stereocenters. The predicted molar refractivity (Wildman–Crippen MR) is 126 cm³/mol. The highest BCUT2D eigenvalue weighted by Crippen LogP contribution is 2.22. The number of benzene rings is 1. The number of aromatic nitrogens is 3. The third-order valence-corrected chi connectivity index (χ3v) is 4.11. The van der Waals surface area contributed by atoms with E-state index in [1.165, 1.54) is 0 Å². The highest BCUT2D eigenvalue weighted by atomic mass is 127. The summed E-state index contributed by atoms with van der Waals surface area (Å²) in [5, 5.41) is 11.1. The average molecular weight is 508 g/mol. The summed E-state index contributed by atoms with van der Waals surface area (Å²) in [7, 11) is 0. The first-order chi connectivity index (χ1) is 13.5. The van der Waals surface area contributed by atoms with Crippen LogP contribution in [0.1, 0.15) is 45.0 Å². The second-order valence-electron chi connectivity index (χ2n) is 7.50. The Morgan fingerprint density at radius 1 is 1.14 bits per heavy atom. The first kappa shape index (κ1) is 22.9. The molecule has 156 valence electrons. The zero-order valence-electron chi connectivity index (χ0n) is 17.3. The first-order valence-corrected chi connectivity index (χ1v) is 9.53. The summed E-state index contributed by atoms with van der Waals surface area (Å²) in [5.74, 6) is 2.22. The van der Waals surface area contributed by atoms with Gasteiger partial charge in [0.25, 0.3) is 0 Å². The van der Waals surface area contributed by atoms with E-state index in [4.69, 9.17) is 4.42 Å². The highest BCUT2D eigenvalue weighted by Gasteiger charge is 2.19. The summed E-state index contributed by atoms with van der Waals surface area (Å²) in [6, 6.07) is 12.0. The van der Waals surface area contributed by atoms with Crippen LogP contribution in [0.5, 0.6) is 0 Å². The lowest BCUT2D eigenvalue weighted by atomic mass is 9.94. The number of nitrogens with zero attached hydrogens (tertiary/aromatic N) is 4. The standard InChI is InChI=1S/C21H28N6O.HI/c1-5-22-20(25-15-19-23-14-18(28-19)21(2,3)4)24-13-16-11-12-27(26-16)17-9-7-6-8-10-17;/h6-12,14H,5,13,15H2,1-4H3,(H2,22,24,25);1H. The summed E-state index contributed by atoms with van der Waals surface area (Å²) in [4.78, 5) is 8.95. The maximum Gasteiger partial charge on any atom is 0.213 e. The lowest BCUT2D eigenvalue weighted by Crippen LogP contribution is -2.36. The number of guanidine groups is 1. The molecule has 1 aromatic carbocycles. The van der Waals surface area contributed by atoms with Crippen LogP contribution in [0, 0.1) is 0 Å². The summed E-state index contributed by atoms with van der Waals surface area (Å²) in [6.45, 7) is 10.1. The molecule has 0 aliphatic heterocycles. The van der Waals surface area contributed by atoms with E-state index in [1.807, 2.05) is 54.2 Å². The van der Waals surface area contributed by atoms with Crippen LogP contribution in [-0.4, -0.2) is 27.3 Å². The van der Waals surface area contributed by atoms with Crippen LogP contribution >= 0.6 is 24.0 Å². The van der Waals surface area contributed by atoms with Gasteiger partial charge in [0.1, 0.15) is 5.76 Å². The van der Waals surface area contributed by atoms with Crippen LogP contribution in [0.15, 0.2) is 58.2 Å². The van der Waals surface area contributed by atoms with Gasteiger partial charge < -0.3 is 15.1 Å². The predicted octanol–water partition coefficient (Wildman–Crippen LogP) is 4.03. The monoisotopic (exact) mass is 508 g/mol. The van der Waals surface area contributed by atoms with Crippen LogP contribution in [0.4, 0.5) is 0 Å². The second kappa shape index (κ2) is 10.4. The lowest BCUT2D eigenvalue weighted by molar-refractivity contribution is 0.379. The van der Waals surface area contributed by atoms with Gasteiger partial charge in [-0.3, -0.25) is 0 Å². The molecule has 0 radical (unpaired) electrons. The molecule has 7 nitrogen and oxygen atoms in total. The number of rotatable bonds is 6. The fourth-order valence-electron chi connectivity index (χ4n) is 2.57. The van der Waals surface area contributed by atoms with E-state index < -0.39 is 0 Å². The Labute approximate surface area is 189 Å². The van der Waals surface area contributed by atoms with Crippen molar-refractivity contribution in [3.05, 3.63) is 66.1 Å². The Bertz CT molecular complexity index is 911. The van der Waals surface area contributed by atoms with Crippen molar-refractivity contribution in [1.29, 1.82) is 0 Å². The van der Waals surface area contributed by atoms with Gasteiger partial charge in [-0.2, -0.15) is 5.10 Å². The van der Waals surface area contributed by atoms with Crippen molar-refractivity contribution < 1.29 is 4.42 Å². The Balaban J connectivity index is 0.00000300. The lowest BCUT2D eigenvalue weighted by Gasteiger charge is -2.13. The molecule has 0 spiro atoms. The van der Waals surface area contributed by atoms with E-state index in [0.29, 0.717) is 24.9 Å². The van der Waals surface area contributed by atoms with E-state index in [0.717, 1.165) is 23.7 Å². The Hall–Kier alpha value is -2.36. The Kier molecular flexibility index (Phi) is 8.24. The second-order valence-corrected chi connectivity index (χ2v) is 7.50. The normalized spacial score (nSPS) is 11.8. The van der Waals surface area contributed by atoms with Gasteiger partial charge in [0.15, 0.2) is 5.96 Å². The molecule has 2 heterocycles. The van der Waals surface area contributed by atoms with Crippen molar-refractivity contribution in [2.45, 2.75) is 46.2 Å². The summed E-state index contributed by atoms with van der Waals surface area (Å²) >= 11 is 0. The minimum Gasteiger partial charge on any atom is -0.443 e. The van der Waals surface area contributed by atoms with Gasteiger partial charge in [-0.25, -0.2) is 14.7 Å². The molecular formula is C21H29IN6O. The van der Waals surface area contributed by atoms with Crippen LogP contribution in [0.3, 0.4) is 0 Å². The number of oxazole rings is 1. The van der Waals surface area contributed by atoms with Gasteiger partial charge in [0.05, 0.1) is 30.7 Å². The number of aliphatic imine (C=N–C) groups is 1. The molecule has 0 aliphatic rings. The van der Waals surface area contributed by atoms with E-state index in [1.54, 1.807) is 6.20 Å². The molecule has 3 rings (SSSR count). The van der Waals surface area contributed by atoms with Crippen molar-refractivity contribution >= 4 is 29.9 Å². The van der Waals surface area contributed by atoms with Gasteiger partial charge >= 0.3 is 0 Å². The molecule has 3 aromatic rings. The zero-order chi connectivity index (χ0) is 20.0. The van der Waals surface area contributed by atoms with Crippen molar-refractivity contribution in [3.63, 3.8) is 0 Å². The zero-order valence-corrected chi connectivity index (χ0v) is 19.7. The molecule has 0 aliphatic carbocycles. The van der Waals surface area contributed by atoms with Crippen LogP contribution in [0.25, 0.3) is 5.69 Å². The van der Waals surface area contributed by atoms with Gasteiger partial charge in [-0.05, 0) is 25.1 Å². The summed E-state index contributed by atoms with van der Waals surface area (Å²) in [5.41, 5.74) is 1.87. The van der Waals surface area contributed by atoms with E-state index in [-0.39, 0.29) is 29.4 Å². The first-order valence-electron chi connectivity index (χ1n) is 9.53. The number of nitrogens with one attached hydrogen (secondary N) is 2. The van der Waals surface area contributed by atoms with E-state index in [2.05, 4.69) is 46.5 Å². The molecule has 0 saturated carbocycles. The highest BCUT2D eigenvalue weighted by molar-refractivity contribution is 14.0. The minimum atomic E-state index is -0.0541. The average Bonchev–Trinajstić information content (AvgIpc) is 3.34. The topological polar surface area (TPSA) is 80.3 Å². The van der Waals surface area contributed by atoms with E-state index >= 15 is 0 Å². The minimum absolute atomic E-state index is 0. The maximum absolute atomic E-state index is 5.82. The fraction of sp³-hybridized carbons (Fsp3) is 0.381. The van der Waals surface area contributed by atoms with Gasteiger partial charge in [0.2, 0.25) is 5.89 Å². The largest absolute Gasteiger partial charge is 0.443 e. The van der Waals surface area contributed by atoms with Crippen LogP contribution in [0.2, 0.25) is 0 Å². The van der Waals surface area contributed by atoms with Crippen molar-refractivity contribution in [2.75, 3.05) is 6.54 Å². The molecule has 0 amide bonds. The molecule has 29 heavy (non-hydrogen) atoms. The molecule has 8 heteroatoms. The number of hydrogen-bond donors (Lipinski definition) is 2. The maximum atomic E-state index is 5.82.